The van der Waals surface area contributed by atoms with Gasteiger partial charge in [-0.1, -0.05) is 35.9 Å². The zero-order valence-corrected chi connectivity index (χ0v) is 27.1. The van der Waals surface area contributed by atoms with Gasteiger partial charge < -0.3 is 34.9 Å². The Morgan fingerprint density at radius 2 is 1.93 bits per heavy atom. The van der Waals surface area contributed by atoms with Gasteiger partial charge in [0.15, 0.2) is 22.4 Å². The van der Waals surface area contributed by atoms with E-state index in [9.17, 15) is 9.59 Å². The topological polar surface area (TPSA) is 120 Å². The van der Waals surface area contributed by atoms with Crippen LogP contribution in [0, 0.1) is 6.92 Å². The SMILES string of the molecule is COc1cc2c(Oc3ccc(NC(=S)NC(=O)CC(=O)c4ccccc4C)cc3Cl)ccnc2cc1OCCCC1CNCCO1. The Morgan fingerprint density at radius 3 is 2.70 bits per heavy atom. The van der Waals surface area contributed by atoms with Gasteiger partial charge in [-0.3, -0.25) is 14.6 Å². The van der Waals surface area contributed by atoms with Crippen molar-refractivity contribution >= 4 is 57.2 Å². The number of ketones is 1. The van der Waals surface area contributed by atoms with E-state index in [0.29, 0.717) is 51.4 Å². The van der Waals surface area contributed by atoms with Crippen molar-refractivity contribution in [1.82, 2.24) is 15.6 Å². The van der Waals surface area contributed by atoms with Crippen LogP contribution in [-0.4, -0.2) is 61.3 Å². The van der Waals surface area contributed by atoms with Crippen LogP contribution >= 0.6 is 23.8 Å². The van der Waals surface area contributed by atoms with E-state index in [4.69, 9.17) is 42.8 Å². The summed E-state index contributed by atoms with van der Waals surface area (Å²) in [4.78, 5) is 29.4. The Balaban J connectivity index is 1.19. The number of pyridine rings is 1. The number of benzene rings is 3. The van der Waals surface area contributed by atoms with Crippen LogP contribution in [0.4, 0.5) is 5.69 Å². The van der Waals surface area contributed by atoms with Crippen molar-refractivity contribution in [3.8, 4) is 23.0 Å². The molecule has 0 saturated carbocycles. The summed E-state index contributed by atoms with van der Waals surface area (Å²) in [7, 11) is 1.59. The van der Waals surface area contributed by atoms with Gasteiger partial charge in [-0.15, -0.1) is 0 Å². The van der Waals surface area contributed by atoms with Crippen molar-refractivity contribution in [3.05, 3.63) is 83.0 Å². The Morgan fingerprint density at radius 1 is 1.09 bits per heavy atom. The third-order valence-electron chi connectivity index (χ3n) is 7.35. The van der Waals surface area contributed by atoms with Gasteiger partial charge in [0, 0.05) is 42.0 Å². The third kappa shape index (κ3) is 8.70. The van der Waals surface area contributed by atoms with Crippen LogP contribution in [0.5, 0.6) is 23.0 Å². The molecule has 1 amide bonds. The van der Waals surface area contributed by atoms with E-state index in [1.165, 1.54) is 0 Å². The van der Waals surface area contributed by atoms with Crippen molar-refractivity contribution in [3.63, 3.8) is 0 Å². The molecular weight excluding hydrogens is 628 g/mol. The number of anilines is 1. The van der Waals surface area contributed by atoms with Crippen LogP contribution in [0.25, 0.3) is 10.9 Å². The van der Waals surface area contributed by atoms with Crippen molar-refractivity contribution in [2.24, 2.45) is 0 Å². The lowest BCUT2D eigenvalue weighted by Crippen LogP contribution is -2.38. The lowest BCUT2D eigenvalue weighted by molar-refractivity contribution is -0.118. The molecule has 1 atom stereocenters. The fourth-order valence-electron chi connectivity index (χ4n) is 5.03. The van der Waals surface area contributed by atoms with Crippen molar-refractivity contribution in [2.75, 3.05) is 38.7 Å². The molecule has 1 aliphatic heterocycles. The molecule has 0 radical (unpaired) electrons. The van der Waals surface area contributed by atoms with E-state index in [1.807, 2.05) is 31.2 Å². The van der Waals surface area contributed by atoms with Gasteiger partial charge in [0.05, 0.1) is 43.4 Å². The molecule has 3 aromatic carbocycles. The second-order valence-corrected chi connectivity index (χ2v) is 11.5. The van der Waals surface area contributed by atoms with Gasteiger partial charge in [0.2, 0.25) is 5.91 Å². The molecule has 3 N–H and O–H groups in total. The number of amides is 1. The highest BCUT2D eigenvalue weighted by molar-refractivity contribution is 7.80. The smallest absolute Gasteiger partial charge is 0.233 e. The molecule has 1 aromatic heterocycles. The lowest BCUT2D eigenvalue weighted by atomic mass is 10.0. The quantitative estimate of drug-likeness (QED) is 0.0697. The number of carbonyl (C=O) groups excluding carboxylic acids is 2. The second kappa shape index (κ2) is 15.8. The zero-order valence-electron chi connectivity index (χ0n) is 25.6. The highest BCUT2D eigenvalue weighted by Crippen LogP contribution is 2.39. The number of methoxy groups -OCH3 is 1. The number of thiocarbonyl (C=S) groups is 1. The average Bonchev–Trinajstić information content (AvgIpc) is 3.04. The van der Waals surface area contributed by atoms with Gasteiger partial charge >= 0.3 is 0 Å². The first-order valence-corrected chi connectivity index (χ1v) is 15.7. The predicted molar refractivity (Wildman–Crippen MR) is 182 cm³/mol. The van der Waals surface area contributed by atoms with Crippen molar-refractivity contribution < 1.29 is 28.5 Å². The van der Waals surface area contributed by atoms with Crippen LogP contribution in [0.1, 0.15) is 35.2 Å². The number of aromatic nitrogens is 1. The molecular formula is C34H35ClN4O6S. The molecule has 5 rings (SSSR count). The number of hydrogen-bond donors (Lipinski definition) is 3. The maximum atomic E-state index is 12.5. The minimum atomic E-state index is -0.517. The van der Waals surface area contributed by atoms with Crippen LogP contribution in [0.2, 0.25) is 5.02 Å². The summed E-state index contributed by atoms with van der Waals surface area (Å²) in [5, 5.41) is 9.86. The Bertz CT molecular complexity index is 1730. The molecule has 1 aliphatic rings. The summed E-state index contributed by atoms with van der Waals surface area (Å²) in [6.45, 7) is 4.83. The number of Topliss-reactive ketones (excluding diaryl/α,β-unsaturated/α-hetero) is 1. The molecule has 0 aliphatic carbocycles. The monoisotopic (exact) mass is 662 g/mol. The summed E-state index contributed by atoms with van der Waals surface area (Å²) in [5.41, 5.74) is 2.51. The molecule has 1 fully saturated rings. The number of nitrogens with zero attached hydrogens (tertiary/aromatic N) is 1. The lowest BCUT2D eigenvalue weighted by Gasteiger charge is -2.23. The third-order valence-corrected chi connectivity index (χ3v) is 7.85. The van der Waals surface area contributed by atoms with Crippen LogP contribution in [-0.2, 0) is 9.53 Å². The summed E-state index contributed by atoms with van der Waals surface area (Å²) in [6.07, 6.45) is 3.28. The number of nitrogens with one attached hydrogen (secondary N) is 3. The predicted octanol–water partition coefficient (Wildman–Crippen LogP) is 6.23. The van der Waals surface area contributed by atoms with Gasteiger partial charge in [0.1, 0.15) is 11.5 Å². The number of morpholine rings is 1. The summed E-state index contributed by atoms with van der Waals surface area (Å²) in [6, 6.07) is 17.5. The Labute approximate surface area is 277 Å². The van der Waals surface area contributed by atoms with Gasteiger partial charge in [-0.2, -0.15) is 0 Å². The number of aryl methyl sites for hydroxylation is 1. The molecule has 2 heterocycles. The van der Waals surface area contributed by atoms with E-state index in [0.717, 1.165) is 43.5 Å². The Hall–Kier alpha value is -4.29. The first kappa shape index (κ1) is 33.1. The number of fused-ring (bicyclic) bond motifs is 1. The van der Waals surface area contributed by atoms with Crippen LogP contribution < -0.4 is 30.2 Å². The molecule has 46 heavy (non-hydrogen) atoms. The molecule has 4 aromatic rings. The largest absolute Gasteiger partial charge is 0.493 e. The second-order valence-electron chi connectivity index (χ2n) is 10.7. The average molecular weight is 663 g/mol. The molecule has 240 valence electrons. The number of ether oxygens (including phenoxy) is 4. The van der Waals surface area contributed by atoms with E-state index in [2.05, 4.69) is 20.9 Å². The normalized spacial score (nSPS) is 14.4. The van der Waals surface area contributed by atoms with E-state index in [-0.39, 0.29) is 23.4 Å². The maximum absolute atomic E-state index is 12.5. The first-order valence-electron chi connectivity index (χ1n) is 14.9. The van der Waals surface area contributed by atoms with Crippen molar-refractivity contribution in [1.29, 1.82) is 0 Å². The van der Waals surface area contributed by atoms with Gasteiger partial charge in [0.25, 0.3) is 0 Å². The molecule has 1 saturated heterocycles. The summed E-state index contributed by atoms with van der Waals surface area (Å²) in [5.74, 6) is 1.28. The number of rotatable bonds is 12. The number of hydrogen-bond acceptors (Lipinski definition) is 9. The van der Waals surface area contributed by atoms with Crippen molar-refractivity contribution in [2.45, 2.75) is 32.3 Å². The minimum absolute atomic E-state index is 0.0388. The summed E-state index contributed by atoms with van der Waals surface area (Å²) < 4.78 is 23.6. The Kier molecular flexibility index (Phi) is 11.4. The molecule has 10 nitrogen and oxygen atoms in total. The van der Waals surface area contributed by atoms with Gasteiger partial charge in [-0.25, -0.2) is 0 Å². The fraction of sp³-hybridized carbons (Fsp3) is 0.294. The number of halogens is 1. The molecule has 1 unspecified atom stereocenters. The maximum Gasteiger partial charge on any atom is 0.233 e. The molecule has 0 spiro atoms. The highest BCUT2D eigenvalue weighted by Gasteiger charge is 2.17. The van der Waals surface area contributed by atoms with Gasteiger partial charge in [-0.05, 0) is 67.9 Å². The fourth-order valence-corrected chi connectivity index (χ4v) is 5.48. The van der Waals surface area contributed by atoms with E-state index < -0.39 is 5.91 Å². The number of carbonyl (C=O) groups is 2. The summed E-state index contributed by atoms with van der Waals surface area (Å²) >= 11 is 11.8. The van der Waals surface area contributed by atoms with Crippen LogP contribution in [0.15, 0.2) is 66.9 Å². The van der Waals surface area contributed by atoms with E-state index in [1.54, 1.807) is 49.7 Å². The zero-order chi connectivity index (χ0) is 32.5. The highest BCUT2D eigenvalue weighted by atomic mass is 35.5. The first-order chi connectivity index (χ1) is 22.3. The van der Waals surface area contributed by atoms with E-state index >= 15 is 0 Å². The standard InChI is InChI=1S/C34H35ClN4O6S/c1-21-6-3-4-8-24(21)28(40)19-33(41)39-34(46)38-22-9-10-30(26(35)16-22)45-29-11-12-37-27-18-32(31(42-2)17-25(27)29)44-14-5-7-23-20-36-13-15-43-23/h3-4,6,8-12,16-18,23,36H,5,7,13-15,19-20H2,1-2H3,(H2,38,39,41,46). The minimum Gasteiger partial charge on any atom is -0.493 e. The van der Waals surface area contributed by atoms with Crippen LogP contribution in [0.3, 0.4) is 0 Å². The molecule has 0 bridgehead atoms. The molecule has 12 heteroatoms.